The molecule has 0 bridgehead atoms. The number of phenolic OH excluding ortho intramolecular Hbond substituents is 3. The molecule has 0 aliphatic carbocycles. The van der Waals surface area contributed by atoms with Crippen molar-refractivity contribution in [3.63, 3.8) is 0 Å². The predicted molar refractivity (Wildman–Crippen MR) is 73.6 cm³/mol. The summed E-state index contributed by atoms with van der Waals surface area (Å²) in [7, 11) is 1.43. The van der Waals surface area contributed by atoms with Crippen LogP contribution in [0.1, 0.15) is 5.69 Å². The van der Waals surface area contributed by atoms with Crippen LogP contribution < -0.4 is 4.90 Å². The Kier molecular flexibility index (Phi) is 3.88. The molecule has 112 valence electrons. The first kappa shape index (κ1) is 14.5. The molecule has 8 nitrogen and oxygen atoms in total. The number of hydrogen-bond acceptors (Lipinski definition) is 6. The van der Waals surface area contributed by atoms with Crippen molar-refractivity contribution in [2.45, 2.75) is 12.5 Å². The predicted octanol–water partition coefficient (Wildman–Crippen LogP) is 0.659. The minimum absolute atomic E-state index is 0.0697. The summed E-state index contributed by atoms with van der Waals surface area (Å²) in [5, 5.41) is 38.3. The molecule has 0 aliphatic heterocycles. The Morgan fingerprint density at radius 3 is 2.43 bits per heavy atom. The topological polar surface area (TPSA) is 130 Å². The molecule has 0 unspecified atom stereocenters. The van der Waals surface area contributed by atoms with Gasteiger partial charge in [-0.15, -0.1) is 0 Å². The van der Waals surface area contributed by atoms with E-state index < -0.39 is 23.5 Å². The Morgan fingerprint density at radius 1 is 1.33 bits per heavy atom. The zero-order chi connectivity index (χ0) is 15.6. The molecular weight excluding hydrogens is 278 g/mol. The highest BCUT2D eigenvalue weighted by molar-refractivity contribution is 5.81. The summed E-state index contributed by atoms with van der Waals surface area (Å²) in [6.45, 7) is 0. The second kappa shape index (κ2) is 5.61. The number of nitrogens with zero attached hydrogens (tertiary/aromatic N) is 2. The maximum atomic E-state index is 11.4. The Hall–Kier alpha value is -2.90. The van der Waals surface area contributed by atoms with E-state index in [0.717, 1.165) is 12.1 Å². The van der Waals surface area contributed by atoms with Gasteiger partial charge in [-0.2, -0.15) is 0 Å². The minimum atomic E-state index is -1.13. The lowest BCUT2D eigenvalue weighted by molar-refractivity contribution is -0.138. The Morgan fingerprint density at radius 2 is 1.95 bits per heavy atom. The number of anilines is 1. The van der Waals surface area contributed by atoms with E-state index in [1.807, 2.05) is 0 Å². The van der Waals surface area contributed by atoms with E-state index in [4.69, 9.17) is 0 Å². The minimum Gasteiger partial charge on any atom is -0.508 e. The van der Waals surface area contributed by atoms with Gasteiger partial charge in [-0.05, 0) is 0 Å². The van der Waals surface area contributed by atoms with E-state index in [9.17, 15) is 25.2 Å². The zero-order valence-electron chi connectivity index (χ0n) is 11.2. The van der Waals surface area contributed by atoms with Crippen molar-refractivity contribution in [3.8, 4) is 17.2 Å². The summed E-state index contributed by atoms with van der Waals surface area (Å²) in [6, 6.07) is 1.02. The van der Waals surface area contributed by atoms with Gasteiger partial charge in [0.25, 0.3) is 0 Å². The number of H-pyrrole nitrogens is 1. The Bertz CT molecular complexity index is 618. The number of aromatic amines is 1. The second-order valence-corrected chi connectivity index (χ2v) is 4.58. The van der Waals surface area contributed by atoms with Crippen molar-refractivity contribution < 1.29 is 25.2 Å². The largest absolute Gasteiger partial charge is 0.508 e. The van der Waals surface area contributed by atoms with E-state index >= 15 is 0 Å². The summed E-state index contributed by atoms with van der Waals surface area (Å²) in [5.74, 6) is -2.27. The third-order valence-corrected chi connectivity index (χ3v) is 3.13. The van der Waals surface area contributed by atoms with E-state index in [2.05, 4.69) is 9.97 Å². The number of carboxylic acid groups (broad SMARTS) is 1. The molecule has 0 saturated heterocycles. The number of phenols is 3. The summed E-state index contributed by atoms with van der Waals surface area (Å²) in [6.07, 6.45) is 3.04. The van der Waals surface area contributed by atoms with Gasteiger partial charge in [0.2, 0.25) is 0 Å². The third kappa shape index (κ3) is 2.99. The molecule has 2 rings (SSSR count). The van der Waals surface area contributed by atoms with Gasteiger partial charge in [0.15, 0.2) is 0 Å². The van der Waals surface area contributed by atoms with Gasteiger partial charge in [-0.3, -0.25) is 0 Å². The van der Waals surface area contributed by atoms with Crippen LogP contribution in [0.4, 0.5) is 5.69 Å². The Labute approximate surface area is 119 Å². The smallest absolute Gasteiger partial charge is 0.326 e. The number of aliphatic carboxylic acids is 1. The number of carboxylic acids is 1. The molecule has 1 atom stereocenters. The maximum Gasteiger partial charge on any atom is 0.326 e. The molecule has 21 heavy (non-hydrogen) atoms. The lowest BCUT2D eigenvalue weighted by Crippen LogP contribution is -2.40. The lowest BCUT2D eigenvalue weighted by Gasteiger charge is -2.27. The monoisotopic (exact) mass is 293 g/mol. The van der Waals surface area contributed by atoms with Gasteiger partial charge in [-0.1, -0.05) is 0 Å². The van der Waals surface area contributed by atoms with Crippen LogP contribution in [0.25, 0.3) is 0 Å². The quantitative estimate of drug-likeness (QED) is 0.547. The molecule has 0 fully saturated rings. The number of carbonyl (C=O) groups is 1. The van der Waals surface area contributed by atoms with E-state index in [1.165, 1.54) is 24.5 Å². The first-order valence-electron chi connectivity index (χ1n) is 6.08. The first-order chi connectivity index (χ1) is 9.90. The normalized spacial score (nSPS) is 12.0. The zero-order valence-corrected chi connectivity index (χ0v) is 11.2. The number of aromatic hydroxyl groups is 3. The van der Waals surface area contributed by atoms with Crippen molar-refractivity contribution in [1.82, 2.24) is 9.97 Å². The highest BCUT2D eigenvalue weighted by Crippen LogP contribution is 2.40. The number of imidazole rings is 1. The summed E-state index contributed by atoms with van der Waals surface area (Å²) in [4.78, 5) is 19.3. The van der Waals surface area contributed by atoms with Crippen molar-refractivity contribution in [3.05, 3.63) is 30.4 Å². The van der Waals surface area contributed by atoms with E-state index in [0.29, 0.717) is 5.69 Å². The SMILES string of the molecule is CN(c1c(O)cc(O)cc1O)[C@@H](Cc1cnc[nH]1)C(=O)O. The van der Waals surface area contributed by atoms with Crippen LogP contribution in [0.15, 0.2) is 24.7 Å². The van der Waals surface area contributed by atoms with E-state index in [1.54, 1.807) is 0 Å². The summed E-state index contributed by atoms with van der Waals surface area (Å²) >= 11 is 0. The number of aromatic nitrogens is 2. The molecule has 0 radical (unpaired) electrons. The first-order valence-corrected chi connectivity index (χ1v) is 6.08. The molecule has 1 aromatic heterocycles. The van der Waals surface area contributed by atoms with Crippen molar-refractivity contribution >= 4 is 11.7 Å². The van der Waals surface area contributed by atoms with Crippen LogP contribution in [0.5, 0.6) is 17.2 Å². The second-order valence-electron chi connectivity index (χ2n) is 4.58. The fourth-order valence-electron chi connectivity index (χ4n) is 2.10. The fourth-order valence-corrected chi connectivity index (χ4v) is 2.10. The van der Waals surface area contributed by atoms with Crippen LogP contribution in [0, 0.1) is 0 Å². The van der Waals surface area contributed by atoms with Crippen LogP contribution >= 0.6 is 0 Å². The van der Waals surface area contributed by atoms with Gasteiger partial charge in [0.05, 0.1) is 6.33 Å². The molecule has 5 N–H and O–H groups in total. The molecule has 0 saturated carbocycles. The Balaban J connectivity index is 2.35. The van der Waals surface area contributed by atoms with Gasteiger partial charge in [-0.25, -0.2) is 9.78 Å². The molecule has 0 amide bonds. The van der Waals surface area contributed by atoms with Crippen LogP contribution in [0.2, 0.25) is 0 Å². The third-order valence-electron chi connectivity index (χ3n) is 3.13. The average Bonchev–Trinajstić information content (AvgIpc) is 2.86. The van der Waals surface area contributed by atoms with Crippen molar-refractivity contribution in [2.75, 3.05) is 11.9 Å². The summed E-state index contributed by atoms with van der Waals surface area (Å²) in [5.41, 5.74) is 0.534. The van der Waals surface area contributed by atoms with Crippen LogP contribution in [-0.2, 0) is 11.2 Å². The van der Waals surface area contributed by atoms with Gasteiger partial charge in [0.1, 0.15) is 29.0 Å². The highest BCUT2D eigenvalue weighted by atomic mass is 16.4. The highest BCUT2D eigenvalue weighted by Gasteiger charge is 2.27. The molecule has 1 aromatic carbocycles. The standard InChI is InChI=1S/C13H15N3O5/c1-16(12-10(18)3-8(17)4-11(12)19)9(13(20)21)2-7-5-14-6-15-7/h3-6,9,17-19H,2H2,1H3,(H,14,15)(H,20,21)/t9-/m0/s1. The van der Waals surface area contributed by atoms with Crippen molar-refractivity contribution in [2.24, 2.45) is 0 Å². The fraction of sp³-hybridized carbons (Fsp3) is 0.231. The average molecular weight is 293 g/mol. The number of rotatable bonds is 5. The lowest BCUT2D eigenvalue weighted by atomic mass is 10.1. The maximum absolute atomic E-state index is 11.4. The van der Waals surface area contributed by atoms with Gasteiger partial charge >= 0.3 is 5.97 Å². The van der Waals surface area contributed by atoms with Crippen molar-refractivity contribution in [1.29, 1.82) is 0 Å². The number of benzene rings is 1. The summed E-state index contributed by atoms with van der Waals surface area (Å²) < 4.78 is 0. The molecule has 1 heterocycles. The van der Waals surface area contributed by atoms with Crippen LogP contribution in [-0.4, -0.2) is 49.5 Å². The molecular formula is C13H15N3O5. The van der Waals surface area contributed by atoms with E-state index in [-0.39, 0.29) is 17.9 Å². The molecule has 8 heteroatoms. The number of likely N-dealkylation sites (N-methyl/N-ethyl adjacent to an activating group) is 1. The number of nitrogens with one attached hydrogen (secondary N) is 1. The number of hydrogen-bond donors (Lipinski definition) is 5. The molecule has 2 aromatic rings. The molecule has 0 aliphatic rings. The van der Waals surface area contributed by atoms with Gasteiger partial charge in [0, 0.05) is 37.5 Å². The molecule has 0 spiro atoms. The van der Waals surface area contributed by atoms with Crippen LogP contribution in [0.3, 0.4) is 0 Å². The van der Waals surface area contributed by atoms with Gasteiger partial charge < -0.3 is 30.3 Å².